The minimum absolute atomic E-state index is 0.0254. The topological polar surface area (TPSA) is 50.2 Å². The number of amides is 2. The summed E-state index contributed by atoms with van der Waals surface area (Å²) >= 11 is 0. The van der Waals surface area contributed by atoms with Gasteiger partial charge in [-0.1, -0.05) is 18.2 Å². The smallest absolute Gasteiger partial charge is 0.322 e. The highest BCUT2D eigenvalue weighted by atomic mass is 16.2. The number of anilines is 1. The number of rotatable bonds is 3. The van der Waals surface area contributed by atoms with Crippen LogP contribution in [0.2, 0.25) is 0 Å². The van der Waals surface area contributed by atoms with Crippen molar-refractivity contribution in [3.8, 4) is 0 Å². The van der Waals surface area contributed by atoms with E-state index in [1.807, 2.05) is 40.8 Å². The highest BCUT2D eigenvalue weighted by Gasteiger charge is 2.24. The van der Waals surface area contributed by atoms with Gasteiger partial charge >= 0.3 is 6.03 Å². The third-order valence-corrected chi connectivity index (χ3v) is 3.55. The zero-order valence-corrected chi connectivity index (χ0v) is 11.5. The van der Waals surface area contributed by atoms with Crippen LogP contribution in [0.5, 0.6) is 0 Å². The third kappa shape index (κ3) is 2.52. The maximum atomic E-state index is 12.3. The van der Waals surface area contributed by atoms with Crippen LogP contribution in [0.4, 0.5) is 10.5 Å². The molecule has 0 aliphatic carbocycles. The molecule has 5 nitrogen and oxygen atoms in total. The van der Waals surface area contributed by atoms with E-state index in [0.29, 0.717) is 0 Å². The number of nitrogens with one attached hydrogen (secondary N) is 1. The molecule has 104 valence electrons. The number of urea groups is 1. The van der Waals surface area contributed by atoms with Gasteiger partial charge in [0, 0.05) is 37.2 Å². The molecule has 2 heterocycles. The van der Waals surface area contributed by atoms with E-state index in [1.165, 1.54) is 5.56 Å². The molecule has 1 aliphatic rings. The Hall–Kier alpha value is -2.30. The summed E-state index contributed by atoms with van der Waals surface area (Å²) in [7, 11) is 0. The van der Waals surface area contributed by atoms with Crippen molar-refractivity contribution in [3.05, 3.63) is 48.5 Å². The number of hydrogen-bond acceptors (Lipinski definition) is 2. The molecule has 0 saturated heterocycles. The summed E-state index contributed by atoms with van der Waals surface area (Å²) in [6.07, 6.45) is 6.33. The van der Waals surface area contributed by atoms with Crippen molar-refractivity contribution in [1.29, 1.82) is 0 Å². The lowest BCUT2D eigenvalue weighted by Crippen LogP contribution is -2.44. The van der Waals surface area contributed by atoms with Crippen LogP contribution in [0.1, 0.15) is 12.5 Å². The zero-order chi connectivity index (χ0) is 13.9. The Kier molecular flexibility index (Phi) is 3.41. The van der Waals surface area contributed by atoms with Crippen LogP contribution in [0.25, 0.3) is 0 Å². The minimum Gasteiger partial charge on any atom is -0.335 e. The van der Waals surface area contributed by atoms with Crippen molar-refractivity contribution in [2.24, 2.45) is 0 Å². The Balaban J connectivity index is 1.63. The highest BCUT2D eigenvalue weighted by molar-refractivity contribution is 5.94. The molecule has 2 amide bonds. The average molecular weight is 270 g/mol. The number of hydrogen-bond donors (Lipinski definition) is 1. The number of benzene rings is 1. The van der Waals surface area contributed by atoms with Crippen LogP contribution in [0.15, 0.2) is 43.0 Å². The van der Waals surface area contributed by atoms with Crippen LogP contribution in [-0.2, 0) is 13.0 Å². The molecule has 0 spiro atoms. The summed E-state index contributed by atoms with van der Waals surface area (Å²) in [5.74, 6) is 0. The van der Waals surface area contributed by atoms with Crippen molar-refractivity contribution < 1.29 is 4.79 Å². The van der Waals surface area contributed by atoms with Crippen LogP contribution in [-0.4, -0.2) is 28.2 Å². The van der Waals surface area contributed by atoms with Gasteiger partial charge in [0.15, 0.2) is 0 Å². The summed E-state index contributed by atoms with van der Waals surface area (Å²) < 4.78 is 1.96. The van der Waals surface area contributed by atoms with E-state index in [0.717, 1.165) is 25.2 Å². The van der Waals surface area contributed by atoms with E-state index in [2.05, 4.69) is 16.4 Å². The molecule has 5 heteroatoms. The van der Waals surface area contributed by atoms with E-state index in [1.54, 1.807) is 12.5 Å². The lowest BCUT2D eigenvalue weighted by Gasteiger charge is -2.21. The molecule has 20 heavy (non-hydrogen) atoms. The molecule has 0 radical (unpaired) electrons. The number of para-hydroxylation sites is 1. The molecular formula is C15H18N4O. The molecule has 1 atom stereocenters. The second-order valence-electron chi connectivity index (χ2n) is 5.14. The van der Waals surface area contributed by atoms with Crippen molar-refractivity contribution in [2.75, 3.05) is 11.4 Å². The predicted octanol–water partition coefficient (Wildman–Crippen LogP) is 2.04. The first-order valence-corrected chi connectivity index (χ1v) is 6.86. The normalized spacial score (nSPS) is 14.9. The molecule has 0 bridgehead atoms. The summed E-state index contributed by atoms with van der Waals surface area (Å²) in [5, 5.41) is 3.04. The number of nitrogens with zero attached hydrogens (tertiary/aromatic N) is 3. The van der Waals surface area contributed by atoms with Gasteiger partial charge < -0.3 is 9.88 Å². The number of carbonyl (C=O) groups is 1. The lowest BCUT2D eigenvalue weighted by molar-refractivity contribution is 0.242. The SMILES string of the molecule is C[C@@H](Cn1ccnc1)NC(=O)N1CCc2ccccc21. The Morgan fingerprint density at radius 2 is 2.30 bits per heavy atom. The number of carbonyl (C=O) groups excluding carboxylic acids is 1. The monoisotopic (exact) mass is 270 g/mol. The quantitative estimate of drug-likeness (QED) is 0.928. The van der Waals surface area contributed by atoms with E-state index in [-0.39, 0.29) is 12.1 Å². The maximum Gasteiger partial charge on any atom is 0.322 e. The van der Waals surface area contributed by atoms with Gasteiger partial charge in [0.25, 0.3) is 0 Å². The van der Waals surface area contributed by atoms with Crippen LogP contribution < -0.4 is 10.2 Å². The first-order chi connectivity index (χ1) is 9.74. The van der Waals surface area contributed by atoms with Crippen molar-refractivity contribution in [3.63, 3.8) is 0 Å². The fourth-order valence-electron chi connectivity index (χ4n) is 2.59. The summed E-state index contributed by atoms with van der Waals surface area (Å²) in [6.45, 7) is 3.48. The molecule has 0 fully saturated rings. The van der Waals surface area contributed by atoms with Gasteiger partial charge in [-0.2, -0.15) is 0 Å². The summed E-state index contributed by atoms with van der Waals surface area (Å²) in [6, 6.07) is 8.10. The largest absolute Gasteiger partial charge is 0.335 e. The van der Waals surface area contributed by atoms with Gasteiger partial charge in [0.1, 0.15) is 0 Å². The van der Waals surface area contributed by atoms with Gasteiger partial charge in [0.2, 0.25) is 0 Å². The fourth-order valence-corrected chi connectivity index (χ4v) is 2.59. The van der Waals surface area contributed by atoms with E-state index in [4.69, 9.17) is 0 Å². The summed E-state index contributed by atoms with van der Waals surface area (Å²) in [5.41, 5.74) is 2.27. The molecule has 3 rings (SSSR count). The van der Waals surface area contributed by atoms with Gasteiger partial charge in [-0.25, -0.2) is 9.78 Å². The Morgan fingerprint density at radius 3 is 3.10 bits per heavy atom. The van der Waals surface area contributed by atoms with Crippen LogP contribution >= 0.6 is 0 Å². The first kappa shape index (κ1) is 12.7. The van der Waals surface area contributed by atoms with Crippen molar-refractivity contribution >= 4 is 11.7 Å². The van der Waals surface area contributed by atoms with Crippen LogP contribution in [0, 0.1) is 0 Å². The summed E-state index contributed by atoms with van der Waals surface area (Å²) in [4.78, 5) is 18.2. The number of aromatic nitrogens is 2. The van der Waals surface area contributed by atoms with E-state index < -0.39 is 0 Å². The number of fused-ring (bicyclic) bond motifs is 1. The molecular weight excluding hydrogens is 252 g/mol. The molecule has 2 aromatic rings. The standard InChI is InChI=1S/C15H18N4O/c1-12(10-18-9-7-16-11-18)17-15(20)19-8-6-13-4-2-3-5-14(13)19/h2-5,7,9,11-12H,6,8,10H2,1H3,(H,17,20)/t12-/m0/s1. The van der Waals surface area contributed by atoms with Gasteiger partial charge in [-0.3, -0.25) is 4.90 Å². The molecule has 0 saturated carbocycles. The molecule has 1 aromatic heterocycles. The Labute approximate surface area is 118 Å². The van der Waals surface area contributed by atoms with Gasteiger partial charge in [-0.05, 0) is 25.0 Å². The fraction of sp³-hybridized carbons (Fsp3) is 0.333. The second kappa shape index (κ2) is 5.36. The van der Waals surface area contributed by atoms with Crippen molar-refractivity contribution in [2.45, 2.75) is 25.9 Å². The third-order valence-electron chi connectivity index (χ3n) is 3.55. The molecule has 1 N–H and O–H groups in total. The van der Waals surface area contributed by atoms with Crippen molar-refractivity contribution in [1.82, 2.24) is 14.9 Å². The first-order valence-electron chi connectivity index (χ1n) is 6.86. The second-order valence-corrected chi connectivity index (χ2v) is 5.14. The molecule has 1 aromatic carbocycles. The number of imidazole rings is 1. The molecule has 0 unspecified atom stereocenters. The van der Waals surface area contributed by atoms with Crippen LogP contribution in [0.3, 0.4) is 0 Å². The van der Waals surface area contributed by atoms with Gasteiger partial charge in [0.05, 0.1) is 6.33 Å². The van der Waals surface area contributed by atoms with E-state index in [9.17, 15) is 4.79 Å². The zero-order valence-electron chi connectivity index (χ0n) is 11.5. The minimum atomic E-state index is -0.0254. The predicted molar refractivity (Wildman–Crippen MR) is 77.7 cm³/mol. The molecule has 1 aliphatic heterocycles. The maximum absolute atomic E-state index is 12.3. The van der Waals surface area contributed by atoms with Gasteiger partial charge in [-0.15, -0.1) is 0 Å². The lowest BCUT2D eigenvalue weighted by atomic mass is 10.2. The highest BCUT2D eigenvalue weighted by Crippen LogP contribution is 2.27. The Morgan fingerprint density at radius 1 is 1.45 bits per heavy atom. The average Bonchev–Trinajstić information content (AvgIpc) is 3.07. The Bertz CT molecular complexity index is 594. The van der Waals surface area contributed by atoms with E-state index >= 15 is 0 Å².